The zero-order chi connectivity index (χ0) is 42.5. The topological polar surface area (TPSA) is 54.6 Å². The Morgan fingerprint density at radius 3 is 1.16 bits per heavy atom. The summed E-state index contributed by atoms with van der Waals surface area (Å²) in [6, 6.07) is 64.4. The molecule has 0 saturated heterocycles. The van der Waals surface area contributed by atoms with Gasteiger partial charge in [0.15, 0.2) is 0 Å². The standard InChI is InChI=1S/C58H36N2O4/c1-3-61-41-20-26-57-49(33-41)47-30-37(18-24-55(47)63-57)35-16-22-53-45(28-35)43-12-5-7-14-51(43)59(53)39-10-9-11-40(32-39)60-52-15-8-6-13-44(52)46-29-36(17-23-54(46)60)38-19-25-56-48(31-38)50-34-42(62-4-2)21-27-58(50)64-56/h3-34H,1-2H2. The van der Waals surface area contributed by atoms with E-state index in [1.165, 1.54) is 34.1 Å². The molecule has 0 radical (unpaired) electrons. The average Bonchev–Trinajstić information content (AvgIpc) is 4.08. The van der Waals surface area contributed by atoms with Gasteiger partial charge < -0.3 is 27.4 Å². The van der Waals surface area contributed by atoms with Gasteiger partial charge in [-0.05, 0) is 138 Å². The van der Waals surface area contributed by atoms with E-state index in [2.05, 4.69) is 168 Å². The highest BCUT2D eigenvalue weighted by atomic mass is 16.5. The Hall–Kier alpha value is -8.74. The van der Waals surface area contributed by atoms with Gasteiger partial charge in [-0.2, -0.15) is 0 Å². The van der Waals surface area contributed by atoms with Gasteiger partial charge in [0.25, 0.3) is 0 Å². The minimum absolute atomic E-state index is 0.727. The van der Waals surface area contributed by atoms with Gasteiger partial charge in [0.1, 0.15) is 33.8 Å². The van der Waals surface area contributed by atoms with Crippen molar-refractivity contribution in [2.24, 2.45) is 0 Å². The molecule has 0 aliphatic carbocycles. The Labute approximate surface area is 366 Å². The predicted molar refractivity (Wildman–Crippen MR) is 262 cm³/mol. The summed E-state index contributed by atoms with van der Waals surface area (Å²) in [6.07, 6.45) is 2.89. The second-order valence-corrected chi connectivity index (χ2v) is 16.2. The van der Waals surface area contributed by atoms with Gasteiger partial charge in [0.05, 0.1) is 34.6 Å². The molecule has 0 spiro atoms. The fourth-order valence-corrected chi connectivity index (χ4v) is 9.84. The van der Waals surface area contributed by atoms with Crippen molar-refractivity contribution in [3.05, 3.63) is 208 Å². The minimum atomic E-state index is 0.727. The largest absolute Gasteiger partial charge is 0.466 e. The number of para-hydroxylation sites is 2. The summed E-state index contributed by atoms with van der Waals surface area (Å²) < 4.78 is 28.4. The van der Waals surface area contributed by atoms with Crippen LogP contribution in [0.4, 0.5) is 0 Å². The van der Waals surface area contributed by atoms with Crippen LogP contribution < -0.4 is 9.47 Å². The number of nitrogens with zero attached hydrogens (tertiary/aromatic N) is 2. The summed E-state index contributed by atoms with van der Waals surface area (Å²) in [6.45, 7) is 7.44. The fraction of sp³-hybridized carbons (Fsp3) is 0. The first-order valence-electron chi connectivity index (χ1n) is 21.3. The highest BCUT2D eigenvalue weighted by Crippen LogP contribution is 2.41. The SMILES string of the molecule is C=COc1ccc2oc3ccc(-c4ccc5c(c4)c4ccccc4n5-c4cccc(-n5c6ccccc6c6cc(-c7ccc8oc9ccc(OC=C)cc9c8c7)ccc65)c4)cc3c2c1. The molecular weight excluding hydrogens is 789 g/mol. The first-order valence-corrected chi connectivity index (χ1v) is 21.3. The van der Waals surface area contributed by atoms with Crippen LogP contribution in [0.25, 0.3) is 121 Å². The summed E-state index contributed by atoms with van der Waals surface area (Å²) >= 11 is 0. The molecule has 0 fully saturated rings. The Bertz CT molecular complexity index is 3820. The average molecular weight is 825 g/mol. The Morgan fingerprint density at radius 2 is 0.703 bits per heavy atom. The van der Waals surface area contributed by atoms with Crippen LogP contribution in [-0.2, 0) is 0 Å². The van der Waals surface area contributed by atoms with Crippen LogP contribution in [0.1, 0.15) is 0 Å². The molecule has 0 aliphatic rings. The van der Waals surface area contributed by atoms with Gasteiger partial charge >= 0.3 is 0 Å². The number of fused-ring (bicyclic) bond motifs is 12. The molecule has 0 amide bonds. The summed E-state index contributed by atoms with van der Waals surface area (Å²) in [5, 5.41) is 8.87. The summed E-state index contributed by atoms with van der Waals surface area (Å²) in [4.78, 5) is 0. The van der Waals surface area contributed by atoms with E-state index in [1.807, 2.05) is 36.4 Å². The third-order valence-corrected chi connectivity index (χ3v) is 12.7. The summed E-state index contributed by atoms with van der Waals surface area (Å²) in [5.74, 6) is 1.45. The van der Waals surface area contributed by atoms with Gasteiger partial charge in [-0.1, -0.05) is 79.9 Å². The molecule has 4 aromatic heterocycles. The van der Waals surface area contributed by atoms with Gasteiger partial charge in [0, 0.05) is 54.5 Å². The third-order valence-electron chi connectivity index (χ3n) is 12.7. The van der Waals surface area contributed by atoms with Crippen molar-refractivity contribution in [3.63, 3.8) is 0 Å². The lowest BCUT2D eigenvalue weighted by molar-refractivity contribution is 0.484. The molecule has 6 nitrogen and oxygen atoms in total. The quantitative estimate of drug-likeness (QED) is 0.143. The second-order valence-electron chi connectivity index (χ2n) is 16.2. The molecule has 302 valence electrons. The van der Waals surface area contributed by atoms with Crippen LogP contribution in [0.2, 0.25) is 0 Å². The Kier molecular flexibility index (Phi) is 7.81. The van der Waals surface area contributed by atoms with Crippen LogP contribution in [0, 0.1) is 0 Å². The molecule has 0 unspecified atom stereocenters. The zero-order valence-corrected chi connectivity index (χ0v) is 34.4. The predicted octanol–water partition coefficient (Wildman–Crippen LogP) is 16.1. The molecule has 4 heterocycles. The van der Waals surface area contributed by atoms with Crippen LogP contribution >= 0.6 is 0 Å². The normalized spacial score (nSPS) is 11.9. The van der Waals surface area contributed by atoms with Crippen LogP contribution in [0.3, 0.4) is 0 Å². The van der Waals surface area contributed by atoms with Crippen molar-refractivity contribution in [2.45, 2.75) is 0 Å². The van der Waals surface area contributed by atoms with E-state index >= 15 is 0 Å². The first-order chi connectivity index (χ1) is 31.6. The number of hydrogen-bond acceptors (Lipinski definition) is 4. The smallest absolute Gasteiger partial charge is 0.135 e. The van der Waals surface area contributed by atoms with E-state index in [9.17, 15) is 0 Å². The lowest BCUT2D eigenvalue weighted by Crippen LogP contribution is -1.98. The van der Waals surface area contributed by atoms with Gasteiger partial charge in [-0.25, -0.2) is 0 Å². The van der Waals surface area contributed by atoms with Crippen molar-refractivity contribution < 1.29 is 18.3 Å². The van der Waals surface area contributed by atoms with Crippen molar-refractivity contribution in [3.8, 4) is 45.1 Å². The summed E-state index contributed by atoms with van der Waals surface area (Å²) in [5.41, 5.74) is 14.6. The molecule has 0 saturated carbocycles. The molecule has 0 bridgehead atoms. The maximum absolute atomic E-state index is 6.20. The van der Waals surface area contributed by atoms with Crippen LogP contribution in [-0.4, -0.2) is 9.13 Å². The lowest BCUT2D eigenvalue weighted by atomic mass is 10.0. The molecule has 0 aliphatic heterocycles. The molecule has 0 N–H and O–H groups in total. The zero-order valence-electron chi connectivity index (χ0n) is 34.4. The maximum atomic E-state index is 6.20. The molecule has 13 rings (SSSR count). The van der Waals surface area contributed by atoms with E-state index in [-0.39, 0.29) is 0 Å². The number of benzene rings is 9. The molecule has 13 aromatic rings. The van der Waals surface area contributed by atoms with Crippen molar-refractivity contribution in [1.29, 1.82) is 0 Å². The van der Waals surface area contributed by atoms with Crippen molar-refractivity contribution in [1.82, 2.24) is 9.13 Å². The minimum Gasteiger partial charge on any atom is -0.466 e. The molecule has 64 heavy (non-hydrogen) atoms. The number of aromatic nitrogens is 2. The third kappa shape index (κ3) is 5.46. The van der Waals surface area contributed by atoms with E-state index in [1.54, 1.807) is 0 Å². The van der Waals surface area contributed by atoms with E-state index in [4.69, 9.17) is 18.3 Å². The van der Waals surface area contributed by atoms with Crippen LogP contribution in [0.5, 0.6) is 11.5 Å². The molecule has 6 heteroatoms. The second kappa shape index (κ2) is 13.9. The van der Waals surface area contributed by atoms with E-state index < -0.39 is 0 Å². The van der Waals surface area contributed by atoms with Crippen molar-refractivity contribution in [2.75, 3.05) is 0 Å². The van der Waals surface area contributed by atoms with Crippen molar-refractivity contribution >= 4 is 87.5 Å². The van der Waals surface area contributed by atoms with Gasteiger partial charge in [-0.15, -0.1) is 0 Å². The molecule has 9 aromatic carbocycles. The van der Waals surface area contributed by atoms with Crippen LogP contribution in [0.15, 0.2) is 217 Å². The molecule has 0 atom stereocenters. The monoisotopic (exact) mass is 824 g/mol. The number of ether oxygens (including phenoxy) is 2. The van der Waals surface area contributed by atoms with E-state index in [0.717, 1.165) is 111 Å². The first kappa shape index (κ1) is 36.0. The highest BCUT2D eigenvalue weighted by Gasteiger charge is 2.18. The number of rotatable bonds is 8. The molecular formula is C58H36N2O4. The van der Waals surface area contributed by atoms with Gasteiger partial charge in [-0.3, -0.25) is 0 Å². The Balaban J connectivity index is 0.922. The highest BCUT2D eigenvalue weighted by molar-refractivity contribution is 6.13. The van der Waals surface area contributed by atoms with Gasteiger partial charge in [0.2, 0.25) is 0 Å². The van der Waals surface area contributed by atoms with E-state index in [0.29, 0.717) is 0 Å². The fourth-order valence-electron chi connectivity index (χ4n) is 9.84. The Morgan fingerprint density at radius 1 is 0.328 bits per heavy atom. The summed E-state index contributed by atoms with van der Waals surface area (Å²) in [7, 11) is 0. The number of hydrogen-bond donors (Lipinski definition) is 0. The lowest BCUT2D eigenvalue weighted by Gasteiger charge is -2.13. The maximum Gasteiger partial charge on any atom is 0.135 e. The number of furan rings is 2.